The highest BCUT2D eigenvalue weighted by Crippen LogP contribution is 2.34. The van der Waals surface area contributed by atoms with Crippen LogP contribution < -0.4 is 0 Å². The third-order valence-electron chi connectivity index (χ3n) is 3.20. The highest BCUT2D eigenvalue weighted by atomic mass is 35.5. The molecule has 0 aliphatic heterocycles. The van der Waals surface area contributed by atoms with Gasteiger partial charge in [0.15, 0.2) is 0 Å². The van der Waals surface area contributed by atoms with Crippen LogP contribution in [-0.2, 0) is 0 Å². The van der Waals surface area contributed by atoms with E-state index in [0.29, 0.717) is 9.90 Å². The van der Waals surface area contributed by atoms with Gasteiger partial charge in [0.05, 0.1) is 11.4 Å². The standard InChI is InChI=1S/C14H11ClN2O2S/c1-7-11-8(2)16-17(10-5-3-9(15)4-6-10)13(11)20-12(7)14(18)19/h3-6H,1-2H3,(H,18,19). The van der Waals surface area contributed by atoms with Gasteiger partial charge in [-0.2, -0.15) is 5.10 Å². The van der Waals surface area contributed by atoms with Crippen molar-refractivity contribution in [3.05, 3.63) is 45.4 Å². The van der Waals surface area contributed by atoms with Crippen LogP contribution in [0.2, 0.25) is 5.02 Å². The maximum Gasteiger partial charge on any atom is 0.346 e. The number of nitrogens with zero attached hydrogens (tertiary/aromatic N) is 2. The molecule has 2 aromatic heterocycles. The van der Waals surface area contributed by atoms with Crippen LogP contribution in [0, 0.1) is 13.8 Å². The average Bonchev–Trinajstić information content (AvgIpc) is 2.90. The largest absolute Gasteiger partial charge is 0.477 e. The quantitative estimate of drug-likeness (QED) is 0.777. The number of aromatic nitrogens is 2. The maximum atomic E-state index is 11.3. The lowest BCUT2D eigenvalue weighted by Gasteiger charge is -2.01. The Bertz CT molecular complexity index is 818. The minimum absolute atomic E-state index is 0.364. The van der Waals surface area contributed by atoms with Crippen LogP contribution in [-0.4, -0.2) is 20.9 Å². The lowest BCUT2D eigenvalue weighted by Crippen LogP contribution is -1.96. The molecule has 6 heteroatoms. The van der Waals surface area contributed by atoms with E-state index in [2.05, 4.69) is 5.10 Å². The first-order valence-corrected chi connectivity index (χ1v) is 7.16. The smallest absolute Gasteiger partial charge is 0.346 e. The summed E-state index contributed by atoms with van der Waals surface area (Å²) in [6.07, 6.45) is 0. The summed E-state index contributed by atoms with van der Waals surface area (Å²) in [5.41, 5.74) is 2.47. The Kier molecular flexibility index (Phi) is 3.03. The number of hydrogen-bond acceptors (Lipinski definition) is 3. The van der Waals surface area contributed by atoms with Gasteiger partial charge in [0.25, 0.3) is 0 Å². The Morgan fingerprint density at radius 2 is 1.95 bits per heavy atom. The number of aromatic carboxylic acids is 1. The molecule has 1 aromatic carbocycles. The van der Waals surface area contributed by atoms with Gasteiger partial charge < -0.3 is 5.11 Å². The molecular weight excluding hydrogens is 296 g/mol. The van der Waals surface area contributed by atoms with Gasteiger partial charge in [0, 0.05) is 10.4 Å². The fourth-order valence-corrected chi connectivity index (χ4v) is 3.58. The van der Waals surface area contributed by atoms with E-state index >= 15 is 0 Å². The van der Waals surface area contributed by atoms with Crippen molar-refractivity contribution in [2.45, 2.75) is 13.8 Å². The SMILES string of the molecule is Cc1nn(-c2ccc(Cl)cc2)c2sc(C(=O)O)c(C)c12. The van der Waals surface area contributed by atoms with E-state index in [1.807, 2.05) is 26.0 Å². The number of halogens is 1. The number of thiophene rings is 1. The average molecular weight is 307 g/mol. The van der Waals surface area contributed by atoms with Gasteiger partial charge in [-0.1, -0.05) is 11.6 Å². The van der Waals surface area contributed by atoms with Crippen molar-refractivity contribution >= 4 is 39.1 Å². The molecule has 0 saturated carbocycles. The summed E-state index contributed by atoms with van der Waals surface area (Å²) in [4.78, 5) is 12.5. The van der Waals surface area contributed by atoms with Crippen LogP contribution in [0.5, 0.6) is 0 Å². The summed E-state index contributed by atoms with van der Waals surface area (Å²) in [5.74, 6) is -0.897. The van der Waals surface area contributed by atoms with E-state index in [1.165, 1.54) is 11.3 Å². The van der Waals surface area contributed by atoms with E-state index < -0.39 is 5.97 Å². The number of rotatable bonds is 2. The molecule has 3 aromatic rings. The fourth-order valence-electron chi connectivity index (χ4n) is 2.28. The molecule has 0 bridgehead atoms. The van der Waals surface area contributed by atoms with E-state index in [1.54, 1.807) is 16.8 Å². The second kappa shape index (κ2) is 4.61. The molecule has 20 heavy (non-hydrogen) atoms. The van der Waals surface area contributed by atoms with Crippen molar-refractivity contribution in [2.24, 2.45) is 0 Å². The van der Waals surface area contributed by atoms with Gasteiger partial charge in [0.2, 0.25) is 0 Å². The van der Waals surface area contributed by atoms with E-state index in [9.17, 15) is 9.90 Å². The molecule has 0 unspecified atom stereocenters. The molecule has 0 amide bonds. The van der Waals surface area contributed by atoms with Crippen molar-refractivity contribution in [2.75, 3.05) is 0 Å². The van der Waals surface area contributed by atoms with Crippen LogP contribution in [0.3, 0.4) is 0 Å². The third kappa shape index (κ3) is 1.90. The number of carboxylic acids is 1. The molecule has 0 atom stereocenters. The second-order valence-corrected chi connectivity index (χ2v) is 5.95. The number of carbonyl (C=O) groups is 1. The summed E-state index contributed by atoms with van der Waals surface area (Å²) in [6, 6.07) is 7.31. The molecule has 4 nitrogen and oxygen atoms in total. The molecule has 0 fully saturated rings. The first-order chi connectivity index (χ1) is 9.49. The predicted molar refractivity (Wildman–Crippen MR) is 80.4 cm³/mol. The summed E-state index contributed by atoms with van der Waals surface area (Å²) in [7, 11) is 0. The minimum Gasteiger partial charge on any atom is -0.477 e. The Balaban J connectivity index is 2.29. The zero-order valence-corrected chi connectivity index (χ0v) is 12.4. The molecule has 3 rings (SSSR count). The molecule has 0 saturated heterocycles. The zero-order chi connectivity index (χ0) is 14.4. The summed E-state index contributed by atoms with van der Waals surface area (Å²) in [5, 5.41) is 15.3. The summed E-state index contributed by atoms with van der Waals surface area (Å²) in [6.45, 7) is 3.71. The minimum atomic E-state index is -0.897. The molecule has 0 aliphatic carbocycles. The molecule has 1 N–H and O–H groups in total. The van der Waals surface area contributed by atoms with Crippen molar-refractivity contribution in [1.82, 2.24) is 9.78 Å². The predicted octanol–water partition coefficient (Wildman–Crippen LogP) is 4.06. The number of aryl methyl sites for hydroxylation is 2. The van der Waals surface area contributed by atoms with Gasteiger partial charge in [-0.05, 0) is 43.7 Å². The number of benzene rings is 1. The Morgan fingerprint density at radius 1 is 1.30 bits per heavy atom. The normalized spacial score (nSPS) is 11.2. The Morgan fingerprint density at radius 3 is 2.55 bits per heavy atom. The van der Waals surface area contributed by atoms with Gasteiger partial charge in [-0.3, -0.25) is 0 Å². The van der Waals surface area contributed by atoms with Crippen molar-refractivity contribution in [3.8, 4) is 5.69 Å². The van der Waals surface area contributed by atoms with Crippen LogP contribution >= 0.6 is 22.9 Å². The number of carboxylic acid groups (broad SMARTS) is 1. The summed E-state index contributed by atoms with van der Waals surface area (Å²) >= 11 is 7.14. The topological polar surface area (TPSA) is 55.1 Å². The van der Waals surface area contributed by atoms with Gasteiger partial charge in [0.1, 0.15) is 9.71 Å². The molecule has 2 heterocycles. The van der Waals surface area contributed by atoms with Crippen LogP contribution in [0.15, 0.2) is 24.3 Å². The highest BCUT2D eigenvalue weighted by Gasteiger charge is 2.20. The van der Waals surface area contributed by atoms with Crippen molar-refractivity contribution < 1.29 is 9.90 Å². The molecular formula is C14H11ClN2O2S. The van der Waals surface area contributed by atoms with Crippen LogP contribution in [0.4, 0.5) is 0 Å². The van der Waals surface area contributed by atoms with Crippen LogP contribution in [0.25, 0.3) is 15.9 Å². The molecule has 0 aliphatic rings. The lowest BCUT2D eigenvalue weighted by atomic mass is 10.2. The first kappa shape index (κ1) is 13.1. The number of fused-ring (bicyclic) bond motifs is 1. The van der Waals surface area contributed by atoms with E-state index in [0.717, 1.165) is 27.2 Å². The van der Waals surface area contributed by atoms with Gasteiger partial charge >= 0.3 is 5.97 Å². The molecule has 102 valence electrons. The monoisotopic (exact) mass is 306 g/mol. The van der Waals surface area contributed by atoms with E-state index in [4.69, 9.17) is 11.6 Å². The fraction of sp³-hybridized carbons (Fsp3) is 0.143. The lowest BCUT2D eigenvalue weighted by molar-refractivity contribution is 0.0701. The van der Waals surface area contributed by atoms with Crippen LogP contribution in [0.1, 0.15) is 20.9 Å². The number of hydrogen-bond donors (Lipinski definition) is 1. The van der Waals surface area contributed by atoms with E-state index in [-0.39, 0.29) is 0 Å². The summed E-state index contributed by atoms with van der Waals surface area (Å²) < 4.78 is 1.77. The maximum absolute atomic E-state index is 11.3. The Labute approximate surface area is 124 Å². The highest BCUT2D eigenvalue weighted by molar-refractivity contribution is 7.20. The Hall–Kier alpha value is -1.85. The second-order valence-electron chi connectivity index (χ2n) is 4.52. The van der Waals surface area contributed by atoms with Crippen molar-refractivity contribution in [1.29, 1.82) is 0 Å². The van der Waals surface area contributed by atoms with Gasteiger partial charge in [-0.15, -0.1) is 11.3 Å². The first-order valence-electron chi connectivity index (χ1n) is 5.97. The third-order valence-corrected chi connectivity index (χ3v) is 4.71. The van der Waals surface area contributed by atoms with Gasteiger partial charge in [-0.25, -0.2) is 9.48 Å². The molecule has 0 spiro atoms. The molecule has 0 radical (unpaired) electrons. The zero-order valence-electron chi connectivity index (χ0n) is 10.8. The van der Waals surface area contributed by atoms with Crippen molar-refractivity contribution in [3.63, 3.8) is 0 Å².